The van der Waals surface area contributed by atoms with Crippen LogP contribution in [0.1, 0.15) is 32.8 Å². The Morgan fingerprint density at radius 3 is 1.91 bits per heavy atom. The third kappa shape index (κ3) is 3.81. The van der Waals surface area contributed by atoms with Crippen molar-refractivity contribution in [2.45, 2.75) is 37.6 Å². The van der Waals surface area contributed by atoms with Gasteiger partial charge in [0.1, 0.15) is 5.75 Å². The molecule has 1 saturated carbocycles. The lowest BCUT2D eigenvalue weighted by Gasteiger charge is -2.43. The monoisotopic (exact) mass is 446 g/mol. The molecule has 1 N–H and O–H groups in total. The van der Waals surface area contributed by atoms with Gasteiger partial charge in [-0.25, -0.2) is 0 Å². The van der Waals surface area contributed by atoms with Crippen molar-refractivity contribution in [1.29, 1.82) is 0 Å². The van der Waals surface area contributed by atoms with Crippen LogP contribution in [0.3, 0.4) is 0 Å². The molecule has 3 aromatic carbocycles. The first-order valence-corrected chi connectivity index (χ1v) is 13.3. The molecular formula is C28H34O3Si. The van der Waals surface area contributed by atoms with E-state index >= 15 is 0 Å². The maximum absolute atomic E-state index is 10.4. The van der Waals surface area contributed by atoms with E-state index in [2.05, 4.69) is 87.5 Å². The Hall–Kier alpha value is -2.40. The predicted octanol–water partition coefficient (Wildman–Crippen LogP) is 4.52. The van der Waals surface area contributed by atoms with Gasteiger partial charge in [-0.15, -0.1) is 0 Å². The second kappa shape index (κ2) is 8.85. The van der Waals surface area contributed by atoms with E-state index in [0.717, 1.165) is 17.7 Å². The van der Waals surface area contributed by atoms with Crippen LogP contribution in [0.4, 0.5) is 0 Å². The van der Waals surface area contributed by atoms with Gasteiger partial charge >= 0.3 is 0 Å². The molecule has 2 unspecified atom stereocenters. The summed E-state index contributed by atoms with van der Waals surface area (Å²) < 4.78 is 12.7. The highest BCUT2D eigenvalue weighted by Gasteiger charge is 2.58. The summed E-state index contributed by atoms with van der Waals surface area (Å²) in [6, 6.07) is 29.5. The number of methoxy groups -OCH3 is 1. The Kier molecular flexibility index (Phi) is 6.30. The van der Waals surface area contributed by atoms with Crippen molar-refractivity contribution in [2.24, 2.45) is 5.92 Å². The largest absolute Gasteiger partial charge is 0.496 e. The molecule has 0 amide bonds. The molecule has 0 saturated heterocycles. The zero-order valence-corrected chi connectivity index (χ0v) is 20.5. The molecule has 0 radical (unpaired) electrons. The topological polar surface area (TPSA) is 38.7 Å². The van der Waals surface area contributed by atoms with E-state index in [1.165, 1.54) is 10.4 Å². The molecule has 32 heavy (non-hydrogen) atoms. The zero-order valence-electron chi connectivity index (χ0n) is 19.5. The number of aliphatic hydroxyl groups excluding tert-OH is 1. The Labute approximate surface area is 193 Å². The van der Waals surface area contributed by atoms with Gasteiger partial charge in [0.15, 0.2) is 0 Å². The first-order chi connectivity index (χ1) is 15.4. The molecule has 2 atom stereocenters. The fourth-order valence-electron chi connectivity index (χ4n) is 5.25. The first kappa shape index (κ1) is 22.8. The van der Waals surface area contributed by atoms with Crippen molar-refractivity contribution < 1.29 is 14.3 Å². The van der Waals surface area contributed by atoms with Gasteiger partial charge in [-0.2, -0.15) is 0 Å². The molecule has 0 aromatic heterocycles. The summed E-state index contributed by atoms with van der Waals surface area (Å²) in [7, 11) is -0.889. The van der Waals surface area contributed by atoms with Gasteiger partial charge in [0.25, 0.3) is 8.32 Å². The number of hydrogen-bond donors (Lipinski definition) is 1. The van der Waals surface area contributed by atoms with Crippen LogP contribution in [0.5, 0.6) is 5.75 Å². The van der Waals surface area contributed by atoms with Crippen molar-refractivity contribution >= 4 is 18.7 Å². The van der Waals surface area contributed by atoms with E-state index < -0.39 is 8.32 Å². The number of para-hydroxylation sites is 1. The molecule has 0 heterocycles. The van der Waals surface area contributed by atoms with E-state index in [1.807, 2.05) is 18.2 Å². The quantitative estimate of drug-likeness (QED) is 0.517. The normalized spacial score (nSPS) is 20.7. The van der Waals surface area contributed by atoms with Crippen LogP contribution in [0.15, 0.2) is 84.9 Å². The van der Waals surface area contributed by atoms with Gasteiger partial charge in [0, 0.05) is 17.6 Å². The van der Waals surface area contributed by atoms with Crippen LogP contribution in [-0.2, 0) is 9.84 Å². The molecule has 0 spiro atoms. The van der Waals surface area contributed by atoms with Gasteiger partial charge in [-0.3, -0.25) is 0 Å². The molecular weight excluding hydrogens is 412 g/mol. The Bertz CT molecular complexity index is 990. The van der Waals surface area contributed by atoms with Crippen LogP contribution < -0.4 is 15.1 Å². The number of aliphatic hydroxyl groups is 1. The lowest BCUT2D eigenvalue weighted by molar-refractivity contribution is 0.214. The summed E-state index contributed by atoms with van der Waals surface area (Å²) in [5, 5.41) is 12.9. The minimum atomic E-state index is -2.58. The van der Waals surface area contributed by atoms with Crippen molar-refractivity contribution in [3.63, 3.8) is 0 Å². The smallest absolute Gasteiger partial charge is 0.261 e. The standard InChI is InChI=1S/C28H34O3Si/c1-27(2,3)32(23-13-7-5-8-14-23,24-15-9-6-10-16-24)31-20-22-19-28(22,21-29)25-17-11-12-18-26(25)30-4/h5-18,22,29H,19-21H2,1-4H3. The van der Waals surface area contributed by atoms with E-state index in [0.29, 0.717) is 6.61 Å². The fourth-order valence-corrected chi connectivity index (χ4v) is 9.86. The average molecular weight is 447 g/mol. The molecule has 1 fully saturated rings. The van der Waals surface area contributed by atoms with Crippen molar-refractivity contribution in [1.82, 2.24) is 0 Å². The highest BCUT2D eigenvalue weighted by atomic mass is 28.4. The summed E-state index contributed by atoms with van der Waals surface area (Å²) >= 11 is 0. The second-order valence-corrected chi connectivity index (χ2v) is 14.2. The minimum Gasteiger partial charge on any atom is -0.496 e. The Balaban J connectivity index is 1.71. The summed E-state index contributed by atoms with van der Waals surface area (Å²) in [5.74, 6) is 1.10. The van der Waals surface area contributed by atoms with E-state index in [9.17, 15) is 5.11 Å². The van der Waals surface area contributed by atoms with Gasteiger partial charge in [-0.05, 0) is 33.8 Å². The van der Waals surface area contributed by atoms with E-state index in [4.69, 9.17) is 9.16 Å². The van der Waals surface area contributed by atoms with Crippen LogP contribution in [0.2, 0.25) is 5.04 Å². The summed E-state index contributed by atoms with van der Waals surface area (Å²) in [4.78, 5) is 0. The Morgan fingerprint density at radius 1 is 0.875 bits per heavy atom. The van der Waals surface area contributed by atoms with Gasteiger partial charge in [0.05, 0.1) is 13.7 Å². The van der Waals surface area contributed by atoms with E-state index in [1.54, 1.807) is 7.11 Å². The molecule has 3 nitrogen and oxygen atoms in total. The van der Waals surface area contributed by atoms with Gasteiger partial charge < -0.3 is 14.3 Å². The fraction of sp³-hybridized carbons (Fsp3) is 0.357. The molecule has 3 aromatic rings. The highest BCUT2D eigenvalue weighted by Crippen LogP contribution is 2.57. The van der Waals surface area contributed by atoms with Crippen molar-refractivity contribution in [3.8, 4) is 5.75 Å². The maximum Gasteiger partial charge on any atom is 0.261 e. The highest BCUT2D eigenvalue weighted by molar-refractivity contribution is 6.99. The number of benzene rings is 3. The molecule has 4 heteroatoms. The van der Waals surface area contributed by atoms with Crippen molar-refractivity contribution in [3.05, 3.63) is 90.5 Å². The summed E-state index contributed by atoms with van der Waals surface area (Å²) in [5.41, 5.74) is 0.791. The first-order valence-electron chi connectivity index (χ1n) is 11.4. The van der Waals surface area contributed by atoms with Gasteiger partial charge in [-0.1, -0.05) is 99.6 Å². The second-order valence-electron chi connectivity index (χ2n) is 9.89. The van der Waals surface area contributed by atoms with Crippen LogP contribution in [-0.4, -0.2) is 33.7 Å². The molecule has 168 valence electrons. The molecule has 1 aliphatic rings. The molecule has 0 bridgehead atoms. The predicted molar refractivity (Wildman–Crippen MR) is 133 cm³/mol. The maximum atomic E-state index is 10.4. The Morgan fingerprint density at radius 2 is 1.41 bits per heavy atom. The molecule has 4 rings (SSSR count). The van der Waals surface area contributed by atoms with Crippen LogP contribution in [0, 0.1) is 5.92 Å². The van der Waals surface area contributed by atoms with Crippen LogP contribution in [0.25, 0.3) is 0 Å². The molecule has 1 aliphatic carbocycles. The van der Waals surface area contributed by atoms with Crippen molar-refractivity contribution in [2.75, 3.05) is 20.3 Å². The van der Waals surface area contributed by atoms with Gasteiger partial charge in [0.2, 0.25) is 0 Å². The number of rotatable bonds is 8. The third-order valence-electron chi connectivity index (χ3n) is 7.08. The van der Waals surface area contributed by atoms with Crippen LogP contribution >= 0.6 is 0 Å². The van der Waals surface area contributed by atoms with E-state index in [-0.39, 0.29) is 23.0 Å². The number of hydrogen-bond acceptors (Lipinski definition) is 3. The summed E-state index contributed by atoms with van der Waals surface area (Å²) in [6.45, 7) is 7.61. The third-order valence-corrected chi connectivity index (χ3v) is 12.1. The number of ether oxygens (including phenoxy) is 1. The lowest BCUT2D eigenvalue weighted by atomic mass is 9.93. The SMILES string of the molecule is COc1ccccc1C1(CO)CC1CO[Si](c1ccccc1)(c1ccccc1)C(C)(C)C. The summed E-state index contributed by atoms with van der Waals surface area (Å²) in [6.07, 6.45) is 0.905. The minimum absolute atomic E-state index is 0.0586. The molecule has 0 aliphatic heterocycles. The lowest BCUT2D eigenvalue weighted by Crippen LogP contribution is -2.66. The average Bonchev–Trinajstić information content (AvgIpc) is 3.54. The zero-order chi connectivity index (χ0) is 22.8.